The van der Waals surface area contributed by atoms with Crippen molar-refractivity contribution in [3.63, 3.8) is 0 Å². The van der Waals surface area contributed by atoms with E-state index in [0.717, 1.165) is 6.42 Å². The number of rotatable bonds is 7. The average Bonchev–Trinajstić information content (AvgIpc) is 2.34. The number of hydrogen-bond acceptors (Lipinski definition) is 5. The number of carboxylic acid groups (broad SMARTS) is 2. The van der Waals surface area contributed by atoms with Gasteiger partial charge in [-0.3, -0.25) is 14.5 Å². The van der Waals surface area contributed by atoms with Crippen molar-refractivity contribution < 1.29 is 24.9 Å². The summed E-state index contributed by atoms with van der Waals surface area (Å²) in [5, 5.41) is 25.8. The Kier molecular flexibility index (Phi) is 11.4. The second-order valence-corrected chi connectivity index (χ2v) is 4.49. The Hall–Kier alpha value is -1.18. The molecule has 0 heterocycles. The van der Waals surface area contributed by atoms with Gasteiger partial charge >= 0.3 is 11.9 Å². The second kappa shape index (κ2) is 10.7. The SMILES string of the molecule is CCC(N)CC(C(=O)O)C(=O)O.CCC(O)N(C)C. The van der Waals surface area contributed by atoms with Gasteiger partial charge in [0, 0.05) is 6.04 Å². The fourth-order valence-electron chi connectivity index (χ4n) is 1.14. The van der Waals surface area contributed by atoms with Crippen molar-refractivity contribution in [2.24, 2.45) is 11.7 Å². The molecule has 0 radical (unpaired) electrons. The number of aliphatic hydroxyl groups excluding tert-OH is 1. The highest BCUT2D eigenvalue weighted by atomic mass is 16.4. The minimum atomic E-state index is -1.38. The number of hydrogen-bond donors (Lipinski definition) is 4. The topological polar surface area (TPSA) is 124 Å². The molecule has 19 heavy (non-hydrogen) atoms. The van der Waals surface area contributed by atoms with E-state index in [1.807, 2.05) is 21.0 Å². The zero-order chi connectivity index (χ0) is 15.6. The number of aliphatic hydroxyl groups is 1. The maximum atomic E-state index is 10.4. The molecular formula is C12H26N2O5. The van der Waals surface area contributed by atoms with Gasteiger partial charge in [0.1, 0.15) is 6.23 Å². The Morgan fingerprint density at radius 2 is 1.53 bits per heavy atom. The van der Waals surface area contributed by atoms with E-state index in [1.54, 1.807) is 11.8 Å². The zero-order valence-electron chi connectivity index (χ0n) is 12.0. The molecule has 0 amide bonds. The van der Waals surface area contributed by atoms with E-state index in [-0.39, 0.29) is 18.7 Å². The monoisotopic (exact) mass is 278 g/mol. The van der Waals surface area contributed by atoms with Crippen molar-refractivity contribution in [1.29, 1.82) is 0 Å². The molecule has 0 aliphatic heterocycles. The van der Waals surface area contributed by atoms with Gasteiger partial charge in [-0.05, 0) is 33.4 Å². The van der Waals surface area contributed by atoms with Gasteiger partial charge < -0.3 is 21.1 Å². The van der Waals surface area contributed by atoms with Crippen LogP contribution in [0.3, 0.4) is 0 Å². The molecule has 0 aromatic rings. The molecule has 0 saturated carbocycles. The van der Waals surface area contributed by atoms with Crippen molar-refractivity contribution in [2.75, 3.05) is 14.1 Å². The van der Waals surface area contributed by atoms with E-state index in [4.69, 9.17) is 21.1 Å². The van der Waals surface area contributed by atoms with Crippen LogP contribution in [0.4, 0.5) is 0 Å². The summed E-state index contributed by atoms with van der Waals surface area (Å²) >= 11 is 0. The van der Waals surface area contributed by atoms with E-state index < -0.39 is 17.9 Å². The van der Waals surface area contributed by atoms with Crippen LogP contribution in [0.5, 0.6) is 0 Å². The van der Waals surface area contributed by atoms with E-state index in [9.17, 15) is 9.59 Å². The summed E-state index contributed by atoms with van der Waals surface area (Å²) < 4.78 is 0. The minimum absolute atomic E-state index is 0.0127. The lowest BCUT2D eigenvalue weighted by Gasteiger charge is -2.15. The predicted molar refractivity (Wildman–Crippen MR) is 71.6 cm³/mol. The zero-order valence-corrected chi connectivity index (χ0v) is 12.0. The third-order valence-corrected chi connectivity index (χ3v) is 2.62. The first-order valence-corrected chi connectivity index (χ1v) is 6.22. The Labute approximate surface area is 114 Å². The van der Waals surface area contributed by atoms with Crippen LogP contribution in [0.15, 0.2) is 0 Å². The molecule has 5 N–H and O–H groups in total. The first-order valence-electron chi connectivity index (χ1n) is 6.22. The van der Waals surface area contributed by atoms with E-state index in [1.165, 1.54) is 0 Å². The van der Waals surface area contributed by atoms with Crippen LogP contribution in [0.2, 0.25) is 0 Å². The van der Waals surface area contributed by atoms with Gasteiger partial charge in [0.15, 0.2) is 5.92 Å². The van der Waals surface area contributed by atoms with Crippen LogP contribution in [0, 0.1) is 5.92 Å². The lowest BCUT2D eigenvalue weighted by atomic mass is 9.99. The highest BCUT2D eigenvalue weighted by Crippen LogP contribution is 2.08. The molecule has 0 aromatic carbocycles. The molecule has 0 bridgehead atoms. The summed E-state index contributed by atoms with van der Waals surface area (Å²) in [7, 11) is 3.71. The molecule has 7 nitrogen and oxygen atoms in total. The summed E-state index contributed by atoms with van der Waals surface area (Å²) in [6, 6.07) is -0.359. The van der Waals surface area contributed by atoms with Crippen LogP contribution >= 0.6 is 0 Å². The van der Waals surface area contributed by atoms with Gasteiger partial charge in [0.05, 0.1) is 0 Å². The number of aliphatic carboxylic acids is 2. The van der Waals surface area contributed by atoms with Gasteiger partial charge in [0.25, 0.3) is 0 Å². The Balaban J connectivity index is 0. The van der Waals surface area contributed by atoms with Crippen LogP contribution in [0.1, 0.15) is 33.1 Å². The summed E-state index contributed by atoms with van der Waals surface area (Å²) in [5.74, 6) is -4.03. The number of nitrogens with zero attached hydrogens (tertiary/aromatic N) is 1. The van der Waals surface area contributed by atoms with Crippen molar-refractivity contribution in [3.05, 3.63) is 0 Å². The smallest absolute Gasteiger partial charge is 0.317 e. The first-order chi connectivity index (χ1) is 8.67. The maximum absolute atomic E-state index is 10.4. The Morgan fingerprint density at radius 3 is 1.68 bits per heavy atom. The lowest BCUT2D eigenvalue weighted by Crippen LogP contribution is -2.31. The van der Waals surface area contributed by atoms with Gasteiger partial charge in [0.2, 0.25) is 0 Å². The Morgan fingerprint density at radius 1 is 1.11 bits per heavy atom. The van der Waals surface area contributed by atoms with Gasteiger partial charge in [-0.1, -0.05) is 13.8 Å². The van der Waals surface area contributed by atoms with Crippen LogP contribution in [-0.2, 0) is 9.59 Å². The fraction of sp³-hybridized carbons (Fsp3) is 0.833. The highest BCUT2D eigenvalue weighted by molar-refractivity contribution is 5.92. The number of carboxylic acids is 2. The predicted octanol–water partition coefficient (Wildman–Crippen LogP) is 0.176. The molecule has 0 aliphatic carbocycles. The van der Waals surface area contributed by atoms with E-state index in [2.05, 4.69) is 0 Å². The molecule has 2 unspecified atom stereocenters. The third kappa shape index (κ3) is 10.4. The van der Waals surface area contributed by atoms with Crippen molar-refractivity contribution in [3.8, 4) is 0 Å². The molecule has 0 saturated heterocycles. The summed E-state index contributed by atoms with van der Waals surface area (Å²) in [6.45, 7) is 3.73. The number of nitrogens with two attached hydrogens (primary N) is 1. The summed E-state index contributed by atoms with van der Waals surface area (Å²) in [6.07, 6.45) is 1.10. The van der Waals surface area contributed by atoms with Crippen LogP contribution in [0.25, 0.3) is 0 Å². The molecular weight excluding hydrogens is 252 g/mol. The molecule has 0 aromatic heterocycles. The van der Waals surface area contributed by atoms with Gasteiger partial charge in [-0.15, -0.1) is 0 Å². The third-order valence-electron chi connectivity index (χ3n) is 2.62. The maximum Gasteiger partial charge on any atom is 0.317 e. The molecule has 114 valence electrons. The van der Waals surface area contributed by atoms with Crippen LogP contribution < -0.4 is 5.73 Å². The summed E-state index contributed by atoms with van der Waals surface area (Å²) in [5.41, 5.74) is 5.42. The standard InChI is InChI=1S/C7H13NO4.C5H13NO/c1-2-4(8)3-5(6(9)10)7(11)12;1-4-5(7)6(2)3/h4-5H,2-3,8H2,1H3,(H,9,10)(H,11,12);5,7H,4H2,1-3H3. The molecule has 0 fully saturated rings. The fourth-order valence-corrected chi connectivity index (χ4v) is 1.14. The first kappa shape index (κ1) is 20.1. The largest absolute Gasteiger partial charge is 0.481 e. The van der Waals surface area contributed by atoms with Crippen molar-refractivity contribution in [2.45, 2.75) is 45.4 Å². The molecule has 2 atom stereocenters. The second-order valence-electron chi connectivity index (χ2n) is 4.49. The Bertz CT molecular complexity index is 257. The molecule has 0 spiro atoms. The summed E-state index contributed by atoms with van der Waals surface area (Å²) in [4.78, 5) is 22.5. The van der Waals surface area contributed by atoms with Crippen molar-refractivity contribution >= 4 is 11.9 Å². The minimum Gasteiger partial charge on any atom is -0.481 e. The highest BCUT2D eigenvalue weighted by Gasteiger charge is 2.27. The van der Waals surface area contributed by atoms with E-state index >= 15 is 0 Å². The van der Waals surface area contributed by atoms with Gasteiger partial charge in [-0.2, -0.15) is 0 Å². The quantitative estimate of drug-likeness (QED) is 0.386. The van der Waals surface area contributed by atoms with Gasteiger partial charge in [-0.25, -0.2) is 0 Å². The average molecular weight is 278 g/mol. The number of carbonyl (C=O) groups is 2. The molecule has 7 heteroatoms. The normalized spacial score (nSPS) is 13.7. The van der Waals surface area contributed by atoms with Crippen molar-refractivity contribution in [1.82, 2.24) is 4.90 Å². The van der Waals surface area contributed by atoms with Crippen LogP contribution in [-0.4, -0.2) is 58.5 Å². The lowest BCUT2D eigenvalue weighted by molar-refractivity contribution is -0.155. The molecule has 0 aliphatic rings. The molecule has 0 rings (SSSR count). The van der Waals surface area contributed by atoms with E-state index in [0.29, 0.717) is 6.42 Å².